The van der Waals surface area contributed by atoms with Crippen LogP contribution in [0.4, 0.5) is 0 Å². The highest BCUT2D eigenvalue weighted by molar-refractivity contribution is 6.09. The van der Waals surface area contributed by atoms with Crippen LogP contribution in [0.2, 0.25) is 0 Å². The number of ether oxygens (including phenoxy) is 1. The molecule has 0 saturated heterocycles. The van der Waals surface area contributed by atoms with Crippen LogP contribution in [0.3, 0.4) is 0 Å². The third kappa shape index (κ3) is 1.58. The van der Waals surface area contributed by atoms with Crippen LogP contribution < -0.4 is 4.74 Å². The van der Waals surface area contributed by atoms with Gasteiger partial charge in [0.15, 0.2) is 5.78 Å². The van der Waals surface area contributed by atoms with E-state index in [4.69, 9.17) is 4.74 Å². The lowest BCUT2D eigenvalue weighted by Gasteiger charge is -2.01. The molecule has 0 spiro atoms. The fourth-order valence-electron chi connectivity index (χ4n) is 1.97. The van der Waals surface area contributed by atoms with E-state index >= 15 is 0 Å². The molecule has 1 aromatic heterocycles. The third-order valence-electron chi connectivity index (χ3n) is 2.79. The predicted molar refractivity (Wildman–Crippen MR) is 64.2 cm³/mol. The quantitative estimate of drug-likeness (QED) is 0.803. The first-order chi connectivity index (χ1) is 7.67. The standard InChI is InChI=1S/C13H15NO2/c1-4-12(15)13-8(2)14-11-6-5-9(16-3)7-10(11)13/h5-7,14H,4H2,1-3H3. The average molecular weight is 217 g/mol. The minimum absolute atomic E-state index is 0.164. The molecular weight excluding hydrogens is 202 g/mol. The maximum absolute atomic E-state index is 11.8. The van der Waals surface area contributed by atoms with Gasteiger partial charge in [0.05, 0.1) is 7.11 Å². The number of fused-ring (bicyclic) bond motifs is 1. The number of carbonyl (C=O) groups excluding carboxylic acids is 1. The van der Waals surface area contributed by atoms with Crippen molar-refractivity contribution in [3.05, 3.63) is 29.5 Å². The molecule has 0 fully saturated rings. The molecule has 84 valence electrons. The smallest absolute Gasteiger partial charge is 0.165 e. The van der Waals surface area contributed by atoms with Gasteiger partial charge >= 0.3 is 0 Å². The van der Waals surface area contributed by atoms with Crippen LogP contribution in [0.25, 0.3) is 10.9 Å². The van der Waals surface area contributed by atoms with Gasteiger partial charge in [-0.2, -0.15) is 0 Å². The van der Waals surface area contributed by atoms with E-state index in [0.29, 0.717) is 6.42 Å². The summed E-state index contributed by atoms with van der Waals surface area (Å²) in [5.74, 6) is 0.939. The van der Waals surface area contributed by atoms with Gasteiger partial charge in [0.25, 0.3) is 0 Å². The molecule has 1 heterocycles. The Hall–Kier alpha value is -1.77. The Labute approximate surface area is 94.4 Å². The molecule has 0 aliphatic carbocycles. The van der Waals surface area contributed by atoms with Gasteiger partial charge in [-0.3, -0.25) is 4.79 Å². The number of methoxy groups -OCH3 is 1. The zero-order valence-electron chi connectivity index (χ0n) is 9.76. The summed E-state index contributed by atoms with van der Waals surface area (Å²) < 4.78 is 5.17. The van der Waals surface area contributed by atoms with Crippen molar-refractivity contribution >= 4 is 16.7 Å². The number of nitrogens with one attached hydrogen (secondary N) is 1. The summed E-state index contributed by atoms with van der Waals surface area (Å²) in [5, 5.41) is 0.948. The molecule has 2 aromatic rings. The largest absolute Gasteiger partial charge is 0.497 e. The highest BCUT2D eigenvalue weighted by Gasteiger charge is 2.14. The molecule has 0 aliphatic rings. The van der Waals surface area contributed by atoms with Crippen LogP contribution in [-0.4, -0.2) is 17.9 Å². The summed E-state index contributed by atoms with van der Waals surface area (Å²) in [7, 11) is 1.63. The number of aromatic amines is 1. The van der Waals surface area contributed by atoms with Crippen molar-refractivity contribution in [2.24, 2.45) is 0 Å². The van der Waals surface area contributed by atoms with E-state index in [1.54, 1.807) is 7.11 Å². The van der Waals surface area contributed by atoms with E-state index in [1.807, 2.05) is 32.0 Å². The van der Waals surface area contributed by atoms with Crippen LogP contribution in [0.1, 0.15) is 29.4 Å². The number of aryl methyl sites for hydroxylation is 1. The molecule has 2 rings (SSSR count). The molecule has 0 radical (unpaired) electrons. The molecule has 3 nitrogen and oxygen atoms in total. The van der Waals surface area contributed by atoms with Crippen molar-refractivity contribution in [2.75, 3.05) is 7.11 Å². The maximum Gasteiger partial charge on any atom is 0.165 e. The number of benzene rings is 1. The van der Waals surface area contributed by atoms with E-state index in [0.717, 1.165) is 27.9 Å². The number of rotatable bonds is 3. The summed E-state index contributed by atoms with van der Waals surface area (Å²) in [6.45, 7) is 3.80. The molecule has 16 heavy (non-hydrogen) atoms. The number of carbonyl (C=O) groups is 1. The third-order valence-corrected chi connectivity index (χ3v) is 2.79. The van der Waals surface area contributed by atoms with Gasteiger partial charge in [-0.05, 0) is 25.1 Å². The molecule has 3 heteroatoms. The van der Waals surface area contributed by atoms with Crippen LogP contribution in [0.15, 0.2) is 18.2 Å². The summed E-state index contributed by atoms with van der Waals surface area (Å²) in [6, 6.07) is 5.73. The Morgan fingerprint density at radius 3 is 2.81 bits per heavy atom. The first-order valence-electron chi connectivity index (χ1n) is 5.37. The van der Waals surface area contributed by atoms with Crippen molar-refractivity contribution in [1.29, 1.82) is 0 Å². The molecule has 0 saturated carbocycles. The van der Waals surface area contributed by atoms with Gasteiger partial charge in [0.1, 0.15) is 5.75 Å². The number of hydrogen-bond donors (Lipinski definition) is 1. The highest BCUT2D eigenvalue weighted by atomic mass is 16.5. The fraction of sp³-hybridized carbons (Fsp3) is 0.308. The van der Waals surface area contributed by atoms with Gasteiger partial charge < -0.3 is 9.72 Å². The molecular formula is C13H15NO2. The SMILES string of the molecule is CCC(=O)c1c(C)[nH]c2ccc(OC)cc12. The number of aromatic nitrogens is 1. The number of Topliss-reactive ketones (excluding diaryl/α,β-unsaturated/α-hetero) is 1. The van der Waals surface area contributed by atoms with E-state index in [-0.39, 0.29) is 5.78 Å². The fourth-order valence-corrected chi connectivity index (χ4v) is 1.97. The van der Waals surface area contributed by atoms with Crippen molar-refractivity contribution in [1.82, 2.24) is 4.98 Å². The Balaban J connectivity index is 2.70. The van der Waals surface area contributed by atoms with Crippen molar-refractivity contribution in [3.63, 3.8) is 0 Å². The van der Waals surface area contributed by atoms with E-state index in [9.17, 15) is 4.79 Å². The van der Waals surface area contributed by atoms with Crippen molar-refractivity contribution in [2.45, 2.75) is 20.3 Å². The van der Waals surface area contributed by atoms with Gasteiger partial charge in [-0.25, -0.2) is 0 Å². The summed E-state index contributed by atoms with van der Waals surface area (Å²) in [4.78, 5) is 15.1. The Bertz CT molecular complexity index is 540. The maximum atomic E-state index is 11.8. The summed E-state index contributed by atoms with van der Waals surface area (Å²) in [6.07, 6.45) is 0.519. The van der Waals surface area contributed by atoms with Gasteiger partial charge in [-0.15, -0.1) is 0 Å². The first-order valence-corrected chi connectivity index (χ1v) is 5.37. The van der Waals surface area contributed by atoms with Crippen LogP contribution in [0, 0.1) is 6.92 Å². The summed E-state index contributed by atoms with van der Waals surface area (Å²) >= 11 is 0. The predicted octanol–water partition coefficient (Wildman–Crippen LogP) is 3.08. The van der Waals surface area contributed by atoms with Gasteiger partial charge in [0.2, 0.25) is 0 Å². The van der Waals surface area contributed by atoms with E-state index in [2.05, 4.69) is 4.98 Å². The normalized spacial score (nSPS) is 10.7. The van der Waals surface area contributed by atoms with Crippen LogP contribution in [-0.2, 0) is 0 Å². The van der Waals surface area contributed by atoms with Crippen LogP contribution in [0.5, 0.6) is 5.75 Å². The van der Waals surface area contributed by atoms with Gasteiger partial charge in [-0.1, -0.05) is 6.92 Å². The van der Waals surface area contributed by atoms with E-state index in [1.165, 1.54) is 0 Å². The Morgan fingerprint density at radius 2 is 2.19 bits per heavy atom. The molecule has 0 aliphatic heterocycles. The number of hydrogen-bond acceptors (Lipinski definition) is 2. The lowest BCUT2D eigenvalue weighted by molar-refractivity contribution is 0.0989. The second-order valence-electron chi connectivity index (χ2n) is 3.81. The molecule has 0 bridgehead atoms. The molecule has 0 unspecified atom stereocenters. The monoisotopic (exact) mass is 217 g/mol. The van der Waals surface area contributed by atoms with Crippen LogP contribution >= 0.6 is 0 Å². The zero-order valence-corrected chi connectivity index (χ0v) is 9.76. The summed E-state index contributed by atoms with van der Waals surface area (Å²) in [5.41, 5.74) is 2.70. The number of ketones is 1. The molecule has 0 amide bonds. The minimum Gasteiger partial charge on any atom is -0.497 e. The zero-order chi connectivity index (χ0) is 11.7. The average Bonchev–Trinajstić information content (AvgIpc) is 2.63. The van der Waals surface area contributed by atoms with E-state index < -0.39 is 0 Å². The molecule has 1 aromatic carbocycles. The Kier molecular flexibility index (Phi) is 2.69. The van der Waals surface area contributed by atoms with Crippen molar-refractivity contribution < 1.29 is 9.53 Å². The minimum atomic E-state index is 0.164. The lowest BCUT2D eigenvalue weighted by atomic mass is 10.1. The van der Waals surface area contributed by atoms with Gasteiger partial charge in [0, 0.05) is 28.6 Å². The molecule has 0 atom stereocenters. The Morgan fingerprint density at radius 1 is 1.44 bits per heavy atom. The lowest BCUT2D eigenvalue weighted by Crippen LogP contribution is -1.97. The topological polar surface area (TPSA) is 42.1 Å². The van der Waals surface area contributed by atoms with Crippen molar-refractivity contribution in [3.8, 4) is 5.75 Å². The molecule has 1 N–H and O–H groups in total. The second-order valence-corrected chi connectivity index (χ2v) is 3.81. The first kappa shape index (κ1) is 10.7. The highest BCUT2D eigenvalue weighted by Crippen LogP contribution is 2.27. The number of H-pyrrole nitrogens is 1. The second kappa shape index (κ2) is 4.00.